The number of nitrogens with zero attached hydrogens (tertiary/aromatic N) is 4. The fraction of sp³-hybridized carbons (Fsp3) is 0.217. The van der Waals surface area contributed by atoms with Crippen molar-refractivity contribution in [2.45, 2.75) is 31.8 Å². The van der Waals surface area contributed by atoms with Crippen LogP contribution in [0.3, 0.4) is 0 Å². The summed E-state index contributed by atoms with van der Waals surface area (Å²) in [5.74, 6) is -0.278. The Balaban J connectivity index is 1.56. The molecule has 1 N–H and O–H groups in total. The number of fused-ring (bicyclic) bond motifs is 2. The van der Waals surface area contributed by atoms with Crippen LogP contribution in [0.25, 0.3) is 5.69 Å². The first-order valence-electron chi connectivity index (χ1n) is 9.81. The van der Waals surface area contributed by atoms with Crippen LogP contribution in [0.5, 0.6) is 0 Å². The van der Waals surface area contributed by atoms with Crippen molar-refractivity contribution in [3.8, 4) is 11.8 Å². The molecule has 3 aromatic rings. The summed E-state index contributed by atoms with van der Waals surface area (Å²) in [5, 5.41) is 17.1. The Morgan fingerprint density at radius 1 is 1.13 bits per heavy atom. The third kappa shape index (κ3) is 2.47. The number of hydrogen-bond donors (Lipinski definition) is 1. The molecule has 2 aromatic carbocycles. The number of rotatable bonds is 3. The standard InChI is InChI=1S/C23H19N5O2/c1-15-18(13-24)20(28(26-15)17-8-3-2-4-9-17)14-27-21(29)23(25-22(27)30)12-11-16-7-5-6-10-19(16)23/h2-10H,11-12,14H2,1H3,(H,25,30). The predicted molar refractivity (Wildman–Crippen MR) is 109 cm³/mol. The summed E-state index contributed by atoms with van der Waals surface area (Å²) in [6.07, 6.45) is 1.27. The molecule has 0 saturated carbocycles. The highest BCUT2D eigenvalue weighted by molar-refractivity contribution is 6.08. The zero-order valence-corrected chi connectivity index (χ0v) is 16.4. The van der Waals surface area contributed by atoms with E-state index in [-0.39, 0.29) is 12.5 Å². The summed E-state index contributed by atoms with van der Waals surface area (Å²) >= 11 is 0. The highest BCUT2D eigenvalue weighted by Crippen LogP contribution is 2.41. The number of carbonyl (C=O) groups is 2. The SMILES string of the molecule is Cc1nn(-c2ccccc2)c(CN2C(=O)NC3(CCc4ccccc43)C2=O)c1C#N. The molecule has 30 heavy (non-hydrogen) atoms. The minimum absolute atomic E-state index is 0.0206. The van der Waals surface area contributed by atoms with Gasteiger partial charge in [-0.15, -0.1) is 0 Å². The van der Waals surface area contributed by atoms with Gasteiger partial charge in [-0.2, -0.15) is 10.4 Å². The second kappa shape index (κ2) is 6.56. The summed E-state index contributed by atoms with van der Waals surface area (Å²) < 4.78 is 1.64. The van der Waals surface area contributed by atoms with E-state index in [1.807, 2.05) is 54.6 Å². The highest BCUT2D eigenvalue weighted by Gasteiger charge is 2.55. The Bertz CT molecular complexity index is 1220. The van der Waals surface area contributed by atoms with Gasteiger partial charge in [0.25, 0.3) is 5.91 Å². The maximum atomic E-state index is 13.5. The minimum Gasteiger partial charge on any atom is -0.319 e. The lowest BCUT2D eigenvalue weighted by atomic mass is 9.92. The number of aryl methyl sites for hydroxylation is 2. The van der Waals surface area contributed by atoms with Gasteiger partial charge in [0, 0.05) is 0 Å². The molecule has 1 aliphatic heterocycles. The lowest BCUT2D eigenvalue weighted by Crippen LogP contribution is -2.41. The van der Waals surface area contributed by atoms with Crippen LogP contribution in [0.1, 0.15) is 34.5 Å². The van der Waals surface area contributed by atoms with E-state index in [2.05, 4.69) is 16.5 Å². The van der Waals surface area contributed by atoms with E-state index >= 15 is 0 Å². The zero-order chi connectivity index (χ0) is 20.9. The maximum absolute atomic E-state index is 13.5. The molecule has 1 saturated heterocycles. The Morgan fingerprint density at radius 2 is 1.87 bits per heavy atom. The number of aromatic nitrogens is 2. The van der Waals surface area contributed by atoms with Crippen LogP contribution in [-0.4, -0.2) is 26.6 Å². The van der Waals surface area contributed by atoms with Gasteiger partial charge in [0.15, 0.2) is 0 Å². The molecule has 1 aliphatic carbocycles. The molecule has 5 rings (SSSR count). The molecule has 3 amide bonds. The van der Waals surface area contributed by atoms with Crippen LogP contribution in [-0.2, 0) is 23.3 Å². The summed E-state index contributed by atoms with van der Waals surface area (Å²) in [5.41, 5.74) is 3.15. The van der Waals surface area contributed by atoms with Crippen LogP contribution in [0.2, 0.25) is 0 Å². The van der Waals surface area contributed by atoms with Crippen LogP contribution < -0.4 is 5.32 Å². The van der Waals surface area contributed by atoms with E-state index in [1.54, 1.807) is 11.6 Å². The second-order valence-electron chi connectivity index (χ2n) is 7.65. The van der Waals surface area contributed by atoms with E-state index in [4.69, 9.17) is 0 Å². The number of urea groups is 1. The van der Waals surface area contributed by atoms with E-state index in [0.717, 1.165) is 23.2 Å². The average molecular weight is 397 g/mol. The van der Waals surface area contributed by atoms with Gasteiger partial charge in [-0.25, -0.2) is 9.48 Å². The lowest BCUT2D eigenvalue weighted by molar-refractivity contribution is -0.132. The molecule has 2 heterocycles. The van der Waals surface area contributed by atoms with E-state index in [1.165, 1.54) is 4.90 Å². The average Bonchev–Trinajstić information content (AvgIpc) is 3.37. The summed E-state index contributed by atoms with van der Waals surface area (Å²) in [4.78, 5) is 27.6. The van der Waals surface area contributed by atoms with Crippen molar-refractivity contribution in [1.82, 2.24) is 20.0 Å². The maximum Gasteiger partial charge on any atom is 0.325 e. The van der Waals surface area contributed by atoms with Gasteiger partial charge in [0.2, 0.25) is 0 Å². The number of para-hydroxylation sites is 1. The van der Waals surface area contributed by atoms with Crippen LogP contribution >= 0.6 is 0 Å². The first-order chi connectivity index (χ1) is 14.5. The molecular formula is C23H19N5O2. The smallest absolute Gasteiger partial charge is 0.319 e. The molecule has 1 atom stereocenters. The molecule has 0 bridgehead atoms. The Morgan fingerprint density at radius 3 is 2.63 bits per heavy atom. The largest absolute Gasteiger partial charge is 0.325 e. The van der Waals surface area contributed by atoms with Gasteiger partial charge < -0.3 is 5.32 Å². The summed E-state index contributed by atoms with van der Waals surface area (Å²) in [6.45, 7) is 1.73. The monoisotopic (exact) mass is 397 g/mol. The second-order valence-corrected chi connectivity index (χ2v) is 7.65. The molecule has 1 unspecified atom stereocenters. The Kier molecular flexibility index (Phi) is 3.97. The minimum atomic E-state index is -1.02. The van der Waals surface area contributed by atoms with E-state index in [0.29, 0.717) is 23.4 Å². The molecule has 1 spiro atoms. The van der Waals surface area contributed by atoms with Crippen LogP contribution in [0.15, 0.2) is 54.6 Å². The topological polar surface area (TPSA) is 91.0 Å². The first-order valence-corrected chi connectivity index (χ1v) is 9.81. The number of nitriles is 1. The number of benzene rings is 2. The molecule has 0 radical (unpaired) electrons. The van der Waals surface area contributed by atoms with E-state index < -0.39 is 11.6 Å². The summed E-state index contributed by atoms with van der Waals surface area (Å²) in [7, 11) is 0. The van der Waals surface area contributed by atoms with Crippen molar-refractivity contribution in [1.29, 1.82) is 5.26 Å². The van der Waals surface area contributed by atoms with E-state index in [9.17, 15) is 14.9 Å². The van der Waals surface area contributed by atoms with Gasteiger partial charge in [-0.3, -0.25) is 9.69 Å². The fourth-order valence-corrected chi connectivity index (χ4v) is 4.53. The van der Waals surface area contributed by atoms with Crippen LogP contribution in [0.4, 0.5) is 4.79 Å². The molecule has 7 nitrogen and oxygen atoms in total. The number of carbonyl (C=O) groups excluding carboxylic acids is 2. The molecule has 1 aromatic heterocycles. The van der Waals surface area contributed by atoms with Gasteiger partial charge >= 0.3 is 6.03 Å². The van der Waals surface area contributed by atoms with Crippen molar-refractivity contribution in [3.05, 3.63) is 82.7 Å². The lowest BCUT2D eigenvalue weighted by Gasteiger charge is -2.22. The van der Waals surface area contributed by atoms with Gasteiger partial charge in [-0.1, -0.05) is 42.5 Å². The van der Waals surface area contributed by atoms with Gasteiger partial charge in [0.05, 0.1) is 29.2 Å². The van der Waals surface area contributed by atoms with Crippen molar-refractivity contribution in [3.63, 3.8) is 0 Å². The first kappa shape index (κ1) is 18.1. The van der Waals surface area contributed by atoms with Crippen molar-refractivity contribution >= 4 is 11.9 Å². The summed E-state index contributed by atoms with van der Waals surface area (Å²) in [6, 6.07) is 18.9. The highest BCUT2D eigenvalue weighted by atomic mass is 16.2. The van der Waals surface area contributed by atoms with Gasteiger partial charge in [-0.05, 0) is 43.0 Å². The quantitative estimate of drug-likeness (QED) is 0.688. The normalized spacial score (nSPS) is 19.8. The van der Waals surface area contributed by atoms with Crippen molar-refractivity contribution in [2.75, 3.05) is 0 Å². The fourth-order valence-electron chi connectivity index (χ4n) is 4.53. The van der Waals surface area contributed by atoms with Crippen molar-refractivity contribution < 1.29 is 9.59 Å². The third-order valence-corrected chi connectivity index (χ3v) is 6.00. The number of amides is 3. The number of imide groups is 1. The Labute approximate surface area is 173 Å². The predicted octanol–water partition coefficient (Wildman–Crippen LogP) is 2.95. The molecular weight excluding hydrogens is 378 g/mol. The molecule has 2 aliphatic rings. The molecule has 148 valence electrons. The molecule has 1 fully saturated rings. The number of hydrogen-bond acceptors (Lipinski definition) is 4. The number of nitrogens with one attached hydrogen (secondary N) is 1. The third-order valence-electron chi connectivity index (χ3n) is 6.00. The van der Waals surface area contributed by atoms with Gasteiger partial charge in [0.1, 0.15) is 11.6 Å². The van der Waals surface area contributed by atoms with Crippen molar-refractivity contribution in [2.24, 2.45) is 0 Å². The zero-order valence-electron chi connectivity index (χ0n) is 16.4. The van der Waals surface area contributed by atoms with Crippen LogP contribution in [0, 0.1) is 18.3 Å². The molecule has 7 heteroatoms. The Hall–Kier alpha value is -3.92.